The topological polar surface area (TPSA) is 253 Å². The van der Waals surface area contributed by atoms with Crippen LogP contribution in [0.5, 0.6) is 17.5 Å². The number of nitrogens with one attached hydrogen (secondary N) is 1. The minimum Gasteiger partial charge on any atom is -0.508 e. The number of rotatable bonds is 18. The fraction of sp³-hybridized carbons (Fsp3) is 0.460. The molecule has 4 saturated heterocycles. The third-order valence-corrected chi connectivity index (χ3v) is 19.5. The predicted octanol–water partition coefficient (Wildman–Crippen LogP) is 5.10. The molecule has 11 rings (SSSR count). The average molecular weight is 1240 g/mol. The SMILES string of the molecule is C=CC(=O)N1CCN(c2nc(OC[C@@H]3C[C@H](C(=O)N4CCN(Cc5ccc(-n6c(C(=O)NCCN7CCN(S(C)(=O)=O)CC7)nnc6-c6cc(C(C)C)c(O)cc6O)cc5)CC4)CN3C)nc3c2CCN(c2cccc4cccc(Cl)c24)C3)C[C@@H]1CC#N. The minimum atomic E-state index is -3.28. The zero-order valence-electron chi connectivity index (χ0n) is 50.3. The number of fused-ring (bicyclic) bond motifs is 2. The van der Waals surface area contributed by atoms with E-state index < -0.39 is 15.9 Å². The summed E-state index contributed by atoms with van der Waals surface area (Å²) in [5.74, 6) is -0.173. The number of ether oxygens (including phenoxy) is 1. The van der Waals surface area contributed by atoms with Gasteiger partial charge in [-0.1, -0.05) is 68.4 Å². The molecule has 4 fully saturated rings. The molecule has 3 atom stereocenters. The van der Waals surface area contributed by atoms with E-state index in [0.717, 1.165) is 39.1 Å². The van der Waals surface area contributed by atoms with E-state index in [0.29, 0.717) is 139 Å². The van der Waals surface area contributed by atoms with Crippen molar-refractivity contribution < 1.29 is 37.8 Å². The molecule has 5 aliphatic heterocycles. The second-order valence-electron chi connectivity index (χ2n) is 23.9. The van der Waals surface area contributed by atoms with E-state index in [1.807, 2.05) is 68.3 Å². The molecule has 3 amide bonds. The summed E-state index contributed by atoms with van der Waals surface area (Å²) in [7, 11) is -1.26. The van der Waals surface area contributed by atoms with Crippen molar-refractivity contribution in [3.8, 4) is 40.7 Å². The van der Waals surface area contributed by atoms with Crippen molar-refractivity contribution in [2.75, 3.05) is 128 Å². The van der Waals surface area contributed by atoms with Crippen LogP contribution in [-0.4, -0.2) is 220 Å². The normalized spacial score (nSPS) is 19.9. The van der Waals surface area contributed by atoms with Gasteiger partial charge in [-0.2, -0.15) is 19.5 Å². The number of carbonyl (C=O) groups is 3. The Morgan fingerprint density at radius 3 is 2.33 bits per heavy atom. The van der Waals surface area contributed by atoms with E-state index >= 15 is 0 Å². The van der Waals surface area contributed by atoms with Gasteiger partial charge >= 0.3 is 6.01 Å². The Balaban J connectivity index is 0.729. The van der Waals surface area contributed by atoms with Gasteiger partial charge in [-0.25, -0.2) is 8.42 Å². The quantitative estimate of drug-likeness (QED) is 0.0947. The molecule has 7 heterocycles. The number of likely N-dealkylation sites (tertiary alicyclic amines) is 1. The number of aromatic hydroxyl groups is 2. The Kier molecular flexibility index (Phi) is 18.5. The van der Waals surface area contributed by atoms with Gasteiger partial charge in [-0.05, 0) is 78.7 Å². The number of phenols is 2. The van der Waals surface area contributed by atoms with Crippen molar-refractivity contribution in [3.63, 3.8) is 0 Å². The molecule has 4 aromatic carbocycles. The van der Waals surface area contributed by atoms with E-state index in [1.54, 1.807) is 15.5 Å². The number of benzene rings is 4. The summed E-state index contributed by atoms with van der Waals surface area (Å²) in [5, 5.41) is 46.1. The Morgan fingerprint density at radius 1 is 0.875 bits per heavy atom. The molecule has 3 N–H and O–H groups in total. The molecule has 0 unspecified atom stereocenters. The number of sulfonamides is 1. The maximum Gasteiger partial charge on any atom is 0.318 e. The van der Waals surface area contributed by atoms with Crippen LogP contribution in [0.2, 0.25) is 5.02 Å². The highest BCUT2D eigenvalue weighted by Gasteiger charge is 2.39. The van der Waals surface area contributed by atoms with Gasteiger partial charge in [-0.15, -0.1) is 10.2 Å². The van der Waals surface area contributed by atoms with Gasteiger partial charge < -0.3 is 39.9 Å². The lowest BCUT2D eigenvalue weighted by molar-refractivity contribution is -0.137. The zero-order chi connectivity index (χ0) is 62.0. The van der Waals surface area contributed by atoms with Gasteiger partial charge in [0.25, 0.3) is 5.91 Å². The first kappa shape index (κ1) is 61.7. The number of amides is 3. The Morgan fingerprint density at radius 2 is 1.61 bits per heavy atom. The summed E-state index contributed by atoms with van der Waals surface area (Å²) in [6.45, 7) is 16.7. The van der Waals surface area contributed by atoms with Crippen molar-refractivity contribution in [2.45, 2.75) is 64.2 Å². The van der Waals surface area contributed by atoms with E-state index in [9.17, 15) is 38.3 Å². The maximum absolute atomic E-state index is 14.3. The fourth-order valence-electron chi connectivity index (χ4n) is 13.0. The van der Waals surface area contributed by atoms with E-state index in [-0.39, 0.29) is 84.5 Å². The van der Waals surface area contributed by atoms with Gasteiger partial charge in [0.1, 0.15) is 23.9 Å². The first-order chi connectivity index (χ1) is 42.3. The molecule has 6 aromatic rings. The lowest BCUT2D eigenvalue weighted by Crippen LogP contribution is -2.55. The summed E-state index contributed by atoms with van der Waals surface area (Å²) in [6.07, 6.45) is 3.94. The number of nitriles is 1. The molecule has 0 saturated carbocycles. The van der Waals surface area contributed by atoms with Crippen LogP contribution >= 0.6 is 11.6 Å². The summed E-state index contributed by atoms with van der Waals surface area (Å²) in [4.78, 5) is 66.0. The zero-order valence-corrected chi connectivity index (χ0v) is 51.8. The van der Waals surface area contributed by atoms with Gasteiger partial charge in [0.15, 0.2) is 5.82 Å². The molecule has 23 nitrogen and oxygen atoms in total. The lowest BCUT2D eigenvalue weighted by Gasteiger charge is -2.42. The van der Waals surface area contributed by atoms with Crippen molar-refractivity contribution in [1.82, 2.24) is 58.9 Å². The number of aromatic nitrogens is 5. The van der Waals surface area contributed by atoms with Crippen LogP contribution in [-0.2, 0) is 39.1 Å². The number of hydrogen-bond acceptors (Lipinski definition) is 18. The summed E-state index contributed by atoms with van der Waals surface area (Å²) in [6, 6.07) is 24.9. The molecule has 0 aliphatic carbocycles. The highest BCUT2D eigenvalue weighted by molar-refractivity contribution is 7.88. The van der Waals surface area contributed by atoms with Gasteiger partial charge in [0.05, 0.1) is 53.5 Å². The van der Waals surface area contributed by atoms with E-state index in [4.69, 9.17) is 26.3 Å². The van der Waals surface area contributed by atoms with Crippen LogP contribution in [0.25, 0.3) is 27.8 Å². The number of phenolic OH excluding ortho intramolecular Hbond substituents is 2. The molecule has 2 aromatic heterocycles. The molecule has 0 spiro atoms. The number of anilines is 2. The molecule has 88 heavy (non-hydrogen) atoms. The van der Waals surface area contributed by atoms with Gasteiger partial charge in [-0.3, -0.25) is 33.7 Å². The molecule has 5 aliphatic rings. The lowest BCUT2D eigenvalue weighted by atomic mass is 9.98. The van der Waals surface area contributed by atoms with Crippen molar-refractivity contribution in [3.05, 3.63) is 119 Å². The second kappa shape index (κ2) is 26.4. The van der Waals surface area contributed by atoms with Crippen LogP contribution in [0.4, 0.5) is 11.5 Å². The summed E-state index contributed by atoms with van der Waals surface area (Å²) >= 11 is 6.83. The minimum absolute atomic E-state index is 0.00330. The number of carbonyl (C=O) groups excluding carboxylic acids is 3. The van der Waals surface area contributed by atoms with Crippen molar-refractivity contribution >= 4 is 61.6 Å². The average Bonchev–Trinajstić information content (AvgIpc) is 1.31. The number of halogens is 1. The highest BCUT2D eigenvalue weighted by atomic mass is 35.5. The second-order valence-corrected chi connectivity index (χ2v) is 26.3. The molecular formula is C63H76ClN15O8S. The fourth-order valence-corrected chi connectivity index (χ4v) is 14.1. The Labute approximate surface area is 518 Å². The van der Waals surface area contributed by atoms with Crippen molar-refractivity contribution in [2.24, 2.45) is 5.92 Å². The highest BCUT2D eigenvalue weighted by Crippen LogP contribution is 2.40. The van der Waals surface area contributed by atoms with Gasteiger partial charge in [0.2, 0.25) is 27.7 Å². The standard InChI is InChI=1S/C63H76ClN15O8S/c1-6-56(82)78-32-29-76(38-46(78)17-19-65)58-48-18-21-75(53-12-8-10-43-9-7-11-51(64)57(43)53)39-52(48)67-63(68-58)87-40-47-33-44(37-71(47)4)62(84)74-27-23-73(24-28-74)36-42-13-15-45(16-14-42)79-59(50-34-49(41(2)3)54(80)35-55(50)81)69-70-60(79)61(83)66-20-22-72-25-30-77(31-26-72)88(5,85)86/h6-16,34-35,41,44,46-47,80-81H,1,17-18,20-33,36-40H2,2-5H3,(H,66,83)/t44-,46-,47-/m0/s1. The molecule has 464 valence electrons. The number of likely N-dealkylation sites (N-methyl/N-ethyl adjacent to an activating group) is 1. The van der Waals surface area contributed by atoms with Crippen LogP contribution in [0.1, 0.15) is 65.6 Å². The van der Waals surface area contributed by atoms with Crippen LogP contribution in [0.3, 0.4) is 0 Å². The molecule has 0 bridgehead atoms. The third kappa shape index (κ3) is 13.3. The molecular weight excluding hydrogens is 1160 g/mol. The predicted molar refractivity (Wildman–Crippen MR) is 335 cm³/mol. The van der Waals surface area contributed by atoms with Crippen LogP contribution in [0, 0.1) is 17.2 Å². The van der Waals surface area contributed by atoms with Gasteiger partial charge in [0, 0.05) is 139 Å². The Hall–Kier alpha value is -7.92. The van der Waals surface area contributed by atoms with Crippen molar-refractivity contribution in [1.29, 1.82) is 5.26 Å². The first-order valence-electron chi connectivity index (χ1n) is 30.1. The number of hydrogen-bond donors (Lipinski definition) is 3. The Bertz CT molecular complexity index is 3750. The van der Waals surface area contributed by atoms with E-state index in [1.165, 1.54) is 22.7 Å². The third-order valence-electron chi connectivity index (χ3n) is 17.9. The summed E-state index contributed by atoms with van der Waals surface area (Å²) in [5.41, 5.74) is 5.35. The maximum atomic E-state index is 14.3. The molecule has 0 radical (unpaired) electrons. The summed E-state index contributed by atoms with van der Waals surface area (Å²) < 4.78 is 33.7. The largest absolute Gasteiger partial charge is 0.508 e. The first-order valence-corrected chi connectivity index (χ1v) is 32.4. The molecule has 25 heteroatoms. The number of nitrogens with zero attached hydrogens (tertiary/aromatic N) is 14. The van der Waals surface area contributed by atoms with E-state index in [2.05, 4.69) is 70.9 Å². The monoisotopic (exact) mass is 1240 g/mol. The van der Waals surface area contributed by atoms with Crippen LogP contribution in [0.15, 0.2) is 85.5 Å². The smallest absolute Gasteiger partial charge is 0.318 e. The number of piperazine rings is 3. The van der Waals surface area contributed by atoms with Crippen LogP contribution < -0.4 is 19.9 Å².